The number of allylic oxidation sites excluding steroid dienone is 1. The molecule has 17 heavy (non-hydrogen) atoms. The van der Waals surface area contributed by atoms with Crippen LogP contribution in [-0.2, 0) is 4.74 Å². The number of amides is 1. The van der Waals surface area contributed by atoms with Crippen molar-refractivity contribution in [2.45, 2.75) is 12.8 Å². The second-order valence-corrected chi connectivity index (χ2v) is 3.82. The zero-order valence-corrected chi connectivity index (χ0v) is 9.74. The van der Waals surface area contributed by atoms with E-state index < -0.39 is 6.09 Å². The number of hydrogen-bond donors (Lipinski definition) is 1. The number of primary amides is 1. The summed E-state index contributed by atoms with van der Waals surface area (Å²) >= 11 is 5.87. The first-order chi connectivity index (χ1) is 8.18. The van der Waals surface area contributed by atoms with Gasteiger partial charge in [-0.25, -0.2) is 9.78 Å². The quantitative estimate of drug-likeness (QED) is 0.822. The van der Waals surface area contributed by atoms with Crippen LogP contribution in [0.4, 0.5) is 4.79 Å². The lowest BCUT2D eigenvalue weighted by atomic mass is 10.1. The van der Waals surface area contributed by atoms with Crippen LogP contribution in [0.1, 0.15) is 18.4 Å². The first kappa shape index (κ1) is 11.7. The van der Waals surface area contributed by atoms with Gasteiger partial charge in [-0.2, -0.15) is 0 Å². The smallest absolute Gasteiger partial charge is 0.410 e. The Morgan fingerprint density at radius 1 is 1.59 bits per heavy atom. The maximum absolute atomic E-state index is 10.8. The molecule has 1 aromatic rings. The third-order valence-corrected chi connectivity index (χ3v) is 2.53. The number of halogens is 1. The fourth-order valence-corrected chi connectivity index (χ4v) is 1.76. The Morgan fingerprint density at radius 3 is 3.06 bits per heavy atom. The van der Waals surface area contributed by atoms with E-state index in [0.29, 0.717) is 17.9 Å². The molecule has 6 heteroatoms. The predicted octanol–water partition coefficient (Wildman–Crippen LogP) is 2.34. The standard InChI is InChI=1S/C11H11ClN2O3/c12-10-9(17-11(13)15)7(4-5-14-10)8-3-1-2-6-16-8/h3-5H,1-2,6H2,(H2,13,15). The summed E-state index contributed by atoms with van der Waals surface area (Å²) in [5, 5.41) is 0.0800. The maximum atomic E-state index is 10.8. The Morgan fingerprint density at radius 2 is 2.41 bits per heavy atom. The van der Waals surface area contributed by atoms with E-state index in [1.807, 2.05) is 6.08 Å². The lowest BCUT2D eigenvalue weighted by Gasteiger charge is -2.17. The SMILES string of the molecule is NC(=O)Oc1c(C2=CCCCO2)ccnc1Cl. The summed E-state index contributed by atoms with van der Waals surface area (Å²) in [7, 11) is 0. The zero-order valence-electron chi connectivity index (χ0n) is 8.98. The Hall–Kier alpha value is -1.75. The summed E-state index contributed by atoms with van der Waals surface area (Å²) < 4.78 is 10.3. The Balaban J connectivity index is 2.41. The Kier molecular flexibility index (Phi) is 3.49. The minimum Gasteiger partial charge on any atom is -0.493 e. The molecule has 5 nitrogen and oxygen atoms in total. The highest BCUT2D eigenvalue weighted by Gasteiger charge is 2.18. The topological polar surface area (TPSA) is 74.4 Å². The summed E-state index contributed by atoms with van der Waals surface area (Å²) in [6.45, 7) is 0.627. The van der Waals surface area contributed by atoms with E-state index in [1.165, 1.54) is 6.20 Å². The molecule has 0 aromatic carbocycles. The minimum atomic E-state index is -0.933. The summed E-state index contributed by atoms with van der Waals surface area (Å²) in [6, 6.07) is 1.67. The Labute approximate surface area is 103 Å². The van der Waals surface area contributed by atoms with E-state index in [9.17, 15) is 4.79 Å². The molecule has 0 bridgehead atoms. The number of aromatic nitrogens is 1. The van der Waals surface area contributed by atoms with Gasteiger partial charge >= 0.3 is 6.09 Å². The molecular formula is C11H11ClN2O3. The van der Waals surface area contributed by atoms with Gasteiger partial charge in [0.05, 0.1) is 12.2 Å². The second kappa shape index (κ2) is 5.05. The van der Waals surface area contributed by atoms with Gasteiger partial charge in [0.2, 0.25) is 0 Å². The lowest BCUT2D eigenvalue weighted by Crippen LogP contribution is -2.18. The van der Waals surface area contributed by atoms with Crippen LogP contribution in [0.5, 0.6) is 5.75 Å². The van der Waals surface area contributed by atoms with Crippen LogP contribution in [0, 0.1) is 0 Å². The van der Waals surface area contributed by atoms with E-state index >= 15 is 0 Å². The number of nitrogens with zero attached hydrogens (tertiary/aromatic N) is 1. The number of pyridine rings is 1. The highest BCUT2D eigenvalue weighted by Crippen LogP contribution is 2.33. The number of rotatable bonds is 2. The number of nitrogens with two attached hydrogens (primary N) is 1. The van der Waals surface area contributed by atoms with Crippen LogP contribution in [0.15, 0.2) is 18.3 Å². The normalized spacial score (nSPS) is 14.8. The highest BCUT2D eigenvalue weighted by atomic mass is 35.5. The van der Waals surface area contributed by atoms with Gasteiger partial charge in [0.1, 0.15) is 5.76 Å². The molecule has 90 valence electrons. The molecule has 1 aliphatic rings. The van der Waals surface area contributed by atoms with Crippen molar-refractivity contribution >= 4 is 23.5 Å². The van der Waals surface area contributed by atoms with Crippen molar-refractivity contribution in [2.75, 3.05) is 6.61 Å². The van der Waals surface area contributed by atoms with Gasteiger partial charge in [-0.1, -0.05) is 11.6 Å². The van der Waals surface area contributed by atoms with E-state index in [1.54, 1.807) is 6.07 Å². The lowest BCUT2D eigenvalue weighted by molar-refractivity contribution is 0.210. The second-order valence-electron chi connectivity index (χ2n) is 3.46. The molecule has 0 saturated carbocycles. The van der Waals surface area contributed by atoms with E-state index in [-0.39, 0.29) is 10.9 Å². The van der Waals surface area contributed by atoms with E-state index in [2.05, 4.69) is 4.98 Å². The van der Waals surface area contributed by atoms with Gasteiger partial charge in [-0.05, 0) is 25.0 Å². The van der Waals surface area contributed by atoms with Crippen LogP contribution in [-0.4, -0.2) is 17.7 Å². The van der Waals surface area contributed by atoms with Crippen LogP contribution in [0.25, 0.3) is 5.76 Å². The Bertz CT molecular complexity index is 474. The van der Waals surface area contributed by atoms with Crippen LogP contribution in [0.3, 0.4) is 0 Å². The third-order valence-electron chi connectivity index (χ3n) is 2.26. The minimum absolute atomic E-state index is 0.0800. The number of carbonyl (C=O) groups excluding carboxylic acids is 1. The molecule has 0 aliphatic carbocycles. The van der Waals surface area contributed by atoms with Gasteiger partial charge in [-0.15, -0.1) is 0 Å². The summed E-state index contributed by atoms with van der Waals surface area (Å²) in [6.07, 6.45) is 4.38. The monoisotopic (exact) mass is 254 g/mol. The third kappa shape index (κ3) is 2.68. The fourth-order valence-electron chi connectivity index (χ4n) is 1.56. The number of hydrogen-bond acceptors (Lipinski definition) is 4. The summed E-state index contributed by atoms with van der Waals surface area (Å²) in [5.41, 5.74) is 5.57. The molecular weight excluding hydrogens is 244 g/mol. The van der Waals surface area contributed by atoms with E-state index in [0.717, 1.165) is 12.8 Å². The van der Waals surface area contributed by atoms with Crippen LogP contribution in [0.2, 0.25) is 5.15 Å². The average molecular weight is 255 g/mol. The maximum Gasteiger partial charge on any atom is 0.410 e. The van der Waals surface area contributed by atoms with Gasteiger partial charge in [0.15, 0.2) is 10.9 Å². The molecule has 0 spiro atoms. The van der Waals surface area contributed by atoms with Crippen molar-refractivity contribution < 1.29 is 14.3 Å². The van der Waals surface area contributed by atoms with Crippen LogP contribution < -0.4 is 10.5 Å². The zero-order chi connectivity index (χ0) is 12.3. The summed E-state index contributed by atoms with van der Waals surface area (Å²) in [4.78, 5) is 14.6. The van der Waals surface area contributed by atoms with Crippen LogP contribution >= 0.6 is 11.6 Å². The molecule has 0 atom stereocenters. The molecule has 2 N–H and O–H groups in total. The van der Waals surface area contributed by atoms with Crippen molar-refractivity contribution in [1.29, 1.82) is 0 Å². The van der Waals surface area contributed by atoms with Crippen molar-refractivity contribution in [3.63, 3.8) is 0 Å². The molecule has 1 amide bonds. The average Bonchev–Trinajstić information content (AvgIpc) is 2.32. The molecule has 1 aliphatic heterocycles. The summed E-state index contributed by atoms with van der Waals surface area (Å²) in [5.74, 6) is 0.770. The molecule has 1 aromatic heterocycles. The van der Waals surface area contributed by atoms with Gasteiger partial charge < -0.3 is 15.2 Å². The molecule has 2 rings (SSSR count). The van der Waals surface area contributed by atoms with Crippen molar-refractivity contribution in [1.82, 2.24) is 4.98 Å². The van der Waals surface area contributed by atoms with Crippen molar-refractivity contribution in [2.24, 2.45) is 5.73 Å². The van der Waals surface area contributed by atoms with Gasteiger partial charge in [-0.3, -0.25) is 0 Å². The van der Waals surface area contributed by atoms with Gasteiger partial charge in [0.25, 0.3) is 0 Å². The predicted molar refractivity (Wildman–Crippen MR) is 62.6 cm³/mol. The molecule has 2 heterocycles. The number of carbonyl (C=O) groups is 1. The fraction of sp³-hybridized carbons (Fsp3) is 0.273. The number of ether oxygens (including phenoxy) is 2. The first-order valence-corrected chi connectivity index (χ1v) is 5.51. The first-order valence-electron chi connectivity index (χ1n) is 5.13. The van der Waals surface area contributed by atoms with E-state index in [4.69, 9.17) is 26.8 Å². The largest absolute Gasteiger partial charge is 0.493 e. The van der Waals surface area contributed by atoms with Crippen molar-refractivity contribution in [3.05, 3.63) is 29.1 Å². The van der Waals surface area contributed by atoms with Gasteiger partial charge in [0, 0.05) is 6.20 Å². The molecule has 0 saturated heterocycles. The molecule has 0 fully saturated rings. The van der Waals surface area contributed by atoms with Crippen molar-refractivity contribution in [3.8, 4) is 5.75 Å². The molecule has 0 unspecified atom stereocenters. The highest BCUT2D eigenvalue weighted by molar-refractivity contribution is 6.31. The molecule has 0 radical (unpaired) electrons.